The van der Waals surface area contributed by atoms with Crippen LogP contribution in [0.1, 0.15) is 5.69 Å². The van der Waals surface area contributed by atoms with E-state index in [1.807, 2.05) is 18.3 Å². The molecule has 1 aromatic heterocycles. The van der Waals surface area contributed by atoms with E-state index in [1.165, 1.54) is 0 Å². The van der Waals surface area contributed by atoms with Crippen molar-refractivity contribution in [1.29, 1.82) is 0 Å². The van der Waals surface area contributed by atoms with Crippen molar-refractivity contribution in [3.8, 4) is 0 Å². The Bertz CT molecular complexity index is 256. The summed E-state index contributed by atoms with van der Waals surface area (Å²) < 4.78 is 0. The zero-order chi connectivity index (χ0) is 9.68. The molecule has 72 valence electrons. The molecule has 0 aliphatic heterocycles. The lowest BCUT2D eigenvalue weighted by molar-refractivity contribution is -0.122. The fourth-order valence-corrected chi connectivity index (χ4v) is 1.21. The van der Waals surface area contributed by atoms with Crippen molar-refractivity contribution in [2.24, 2.45) is 0 Å². The number of H-pyrrole nitrogens is 1. The Morgan fingerprint density at radius 1 is 1.62 bits per heavy atom. The van der Waals surface area contributed by atoms with E-state index in [1.54, 1.807) is 14.1 Å². The number of hydrogen-bond donors (Lipinski definition) is 3. The second-order valence-corrected chi connectivity index (χ2v) is 2.85. The normalized spacial score (nSPS) is 12.5. The molecule has 1 heterocycles. The number of aromatic amines is 1. The van der Waals surface area contributed by atoms with Crippen molar-refractivity contribution in [3.63, 3.8) is 0 Å². The summed E-state index contributed by atoms with van der Waals surface area (Å²) in [5, 5.41) is 5.57. The summed E-state index contributed by atoms with van der Waals surface area (Å²) >= 11 is 0. The van der Waals surface area contributed by atoms with Crippen molar-refractivity contribution in [3.05, 3.63) is 24.0 Å². The summed E-state index contributed by atoms with van der Waals surface area (Å²) in [6.45, 7) is 0. The van der Waals surface area contributed by atoms with Gasteiger partial charge in [-0.05, 0) is 19.2 Å². The highest BCUT2D eigenvalue weighted by Gasteiger charge is 2.14. The summed E-state index contributed by atoms with van der Waals surface area (Å²) in [6.07, 6.45) is 2.54. The van der Waals surface area contributed by atoms with Crippen LogP contribution in [0.3, 0.4) is 0 Å². The van der Waals surface area contributed by atoms with Gasteiger partial charge in [0.15, 0.2) is 0 Å². The molecule has 0 fully saturated rings. The molecule has 0 unspecified atom stereocenters. The maximum Gasteiger partial charge on any atom is 0.237 e. The van der Waals surface area contributed by atoms with Gasteiger partial charge in [-0.3, -0.25) is 4.79 Å². The predicted octanol–water partition coefficient (Wildman–Crippen LogP) is -0.109. The van der Waals surface area contributed by atoms with Gasteiger partial charge in [0.2, 0.25) is 5.91 Å². The number of aromatic nitrogens is 1. The fraction of sp³-hybridized carbons (Fsp3) is 0.444. The standard InChI is InChI=1S/C9H15N3O/c1-10-8(9(13)11-2)6-7-4-3-5-12-7/h3-5,8,10,12H,6H2,1-2H3,(H,11,13)/t8-/m0/s1. The Morgan fingerprint density at radius 2 is 2.38 bits per heavy atom. The molecule has 0 spiro atoms. The third kappa shape index (κ3) is 2.59. The van der Waals surface area contributed by atoms with E-state index in [4.69, 9.17) is 0 Å². The molecule has 1 rings (SSSR count). The van der Waals surface area contributed by atoms with Gasteiger partial charge in [-0.2, -0.15) is 0 Å². The quantitative estimate of drug-likeness (QED) is 0.607. The Labute approximate surface area is 77.7 Å². The SMILES string of the molecule is CNC(=O)[C@H](Cc1ccc[nH]1)NC. The Morgan fingerprint density at radius 3 is 2.85 bits per heavy atom. The van der Waals surface area contributed by atoms with Gasteiger partial charge < -0.3 is 15.6 Å². The first-order valence-electron chi connectivity index (χ1n) is 4.29. The van der Waals surface area contributed by atoms with E-state index in [0.29, 0.717) is 6.42 Å². The van der Waals surface area contributed by atoms with E-state index in [0.717, 1.165) is 5.69 Å². The van der Waals surface area contributed by atoms with Crippen LogP contribution in [0.2, 0.25) is 0 Å². The summed E-state index contributed by atoms with van der Waals surface area (Å²) in [5.74, 6) is 0.0112. The number of likely N-dealkylation sites (N-methyl/N-ethyl adjacent to an activating group) is 2. The van der Waals surface area contributed by atoms with Gasteiger partial charge in [0.05, 0.1) is 6.04 Å². The third-order valence-electron chi connectivity index (χ3n) is 2.00. The van der Waals surface area contributed by atoms with Gasteiger partial charge in [-0.15, -0.1) is 0 Å². The molecule has 4 heteroatoms. The number of nitrogens with one attached hydrogen (secondary N) is 3. The van der Waals surface area contributed by atoms with Crippen LogP contribution >= 0.6 is 0 Å². The van der Waals surface area contributed by atoms with Crippen LogP contribution in [0.15, 0.2) is 18.3 Å². The van der Waals surface area contributed by atoms with Crippen LogP contribution in [-0.2, 0) is 11.2 Å². The topological polar surface area (TPSA) is 56.9 Å². The molecule has 0 radical (unpaired) electrons. The van der Waals surface area contributed by atoms with Crippen LogP contribution in [-0.4, -0.2) is 31.0 Å². The van der Waals surface area contributed by atoms with E-state index >= 15 is 0 Å². The molecule has 0 saturated carbocycles. The van der Waals surface area contributed by atoms with Crippen molar-refractivity contribution < 1.29 is 4.79 Å². The van der Waals surface area contributed by atoms with Crippen LogP contribution in [0, 0.1) is 0 Å². The lowest BCUT2D eigenvalue weighted by Gasteiger charge is -2.12. The minimum Gasteiger partial charge on any atom is -0.365 e. The monoisotopic (exact) mass is 181 g/mol. The molecule has 1 amide bonds. The predicted molar refractivity (Wildman–Crippen MR) is 51.4 cm³/mol. The maximum absolute atomic E-state index is 11.3. The lowest BCUT2D eigenvalue weighted by atomic mass is 10.1. The Kier molecular flexibility index (Phi) is 3.52. The number of carbonyl (C=O) groups is 1. The van der Waals surface area contributed by atoms with Crippen molar-refractivity contribution in [2.75, 3.05) is 14.1 Å². The molecule has 1 aromatic rings. The summed E-state index contributed by atoms with van der Waals surface area (Å²) in [6, 6.07) is 3.72. The minimum atomic E-state index is -0.163. The van der Waals surface area contributed by atoms with E-state index < -0.39 is 0 Å². The Balaban J connectivity index is 2.54. The van der Waals surface area contributed by atoms with Crippen LogP contribution < -0.4 is 10.6 Å². The fourth-order valence-electron chi connectivity index (χ4n) is 1.21. The summed E-state index contributed by atoms with van der Waals surface area (Å²) in [5.41, 5.74) is 1.06. The van der Waals surface area contributed by atoms with Crippen molar-refractivity contribution in [2.45, 2.75) is 12.5 Å². The average Bonchev–Trinajstić information content (AvgIpc) is 2.65. The number of hydrogen-bond acceptors (Lipinski definition) is 2. The molecule has 3 N–H and O–H groups in total. The van der Waals surface area contributed by atoms with Crippen molar-refractivity contribution >= 4 is 5.91 Å². The van der Waals surface area contributed by atoms with Gasteiger partial charge >= 0.3 is 0 Å². The molecule has 0 bridgehead atoms. The third-order valence-corrected chi connectivity index (χ3v) is 2.00. The number of rotatable bonds is 4. The van der Waals surface area contributed by atoms with Gasteiger partial charge in [0.25, 0.3) is 0 Å². The molecular weight excluding hydrogens is 166 g/mol. The second-order valence-electron chi connectivity index (χ2n) is 2.85. The summed E-state index contributed by atoms with van der Waals surface area (Å²) in [7, 11) is 3.42. The average molecular weight is 181 g/mol. The Hall–Kier alpha value is -1.29. The van der Waals surface area contributed by atoms with Crippen LogP contribution in [0.4, 0.5) is 0 Å². The smallest absolute Gasteiger partial charge is 0.237 e. The van der Waals surface area contributed by atoms with Crippen LogP contribution in [0.25, 0.3) is 0 Å². The van der Waals surface area contributed by atoms with Gasteiger partial charge in [0.1, 0.15) is 0 Å². The second kappa shape index (κ2) is 4.67. The highest BCUT2D eigenvalue weighted by Crippen LogP contribution is 1.99. The zero-order valence-electron chi connectivity index (χ0n) is 7.92. The zero-order valence-corrected chi connectivity index (χ0v) is 7.92. The molecular formula is C9H15N3O. The molecule has 1 atom stereocenters. The lowest BCUT2D eigenvalue weighted by Crippen LogP contribution is -2.42. The largest absolute Gasteiger partial charge is 0.365 e. The highest BCUT2D eigenvalue weighted by molar-refractivity contribution is 5.81. The van der Waals surface area contributed by atoms with E-state index in [9.17, 15) is 4.79 Å². The first-order valence-corrected chi connectivity index (χ1v) is 4.29. The van der Waals surface area contributed by atoms with E-state index in [2.05, 4.69) is 15.6 Å². The molecule has 0 saturated heterocycles. The first kappa shape index (κ1) is 9.80. The molecule has 4 nitrogen and oxygen atoms in total. The molecule has 13 heavy (non-hydrogen) atoms. The maximum atomic E-state index is 11.3. The van der Waals surface area contributed by atoms with E-state index in [-0.39, 0.29) is 11.9 Å². The first-order chi connectivity index (χ1) is 6.27. The van der Waals surface area contributed by atoms with Crippen LogP contribution in [0.5, 0.6) is 0 Å². The summed E-state index contributed by atoms with van der Waals surface area (Å²) in [4.78, 5) is 14.3. The van der Waals surface area contributed by atoms with Gasteiger partial charge in [-0.1, -0.05) is 0 Å². The molecule has 0 aromatic carbocycles. The molecule has 0 aliphatic carbocycles. The number of carbonyl (C=O) groups excluding carboxylic acids is 1. The van der Waals surface area contributed by atoms with Gasteiger partial charge in [-0.25, -0.2) is 0 Å². The number of amides is 1. The van der Waals surface area contributed by atoms with Gasteiger partial charge in [0, 0.05) is 25.4 Å². The van der Waals surface area contributed by atoms with Crippen molar-refractivity contribution in [1.82, 2.24) is 15.6 Å². The molecule has 0 aliphatic rings. The highest BCUT2D eigenvalue weighted by atomic mass is 16.2. The minimum absolute atomic E-state index is 0.0112.